The third-order valence-corrected chi connectivity index (χ3v) is 5.62. The summed E-state index contributed by atoms with van der Waals surface area (Å²) < 4.78 is 0. The molecule has 28 heavy (non-hydrogen) atoms. The number of amides is 1. The SMILES string of the molecule is C=CCC1C(=O)N(CC=CN2CCNCC2c2ccccc2)c2ccccc21. The first-order valence-electron chi connectivity index (χ1n) is 9.99. The quantitative estimate of drug-likeness (QED) is 0.781. The number of carbonyl (C=O) groups excluding carboxylic acids is 1. The summed E-state index contributed by atoms with van der Waals surface area (Å²) in [7, 11) is 0. The maximum absolute atomic E-state index is 12.9. The number of piperazine rings is 1. The molecule has 4 nitrogen and oxygen atoms in total. The van der Waals surface area contributed by atoms with Gasteiger partial charge in [0.25, 0.3) is 0 Å². The molecule has 2 heterocycles. The van der Waals surface area contributed by atoms with Gasteiger partial charge in [-0.25, -0.2) is 0 Å². The second kappa shape index (κ2) is 8.44. The summed E-state index contributed by atoms with van der Waals surface area (Å²) in [5, 5.41) is 3.49. The fourth-order valence-electron chi connectivity index (χ4n) is 4.22. The van der Waals surface area contributed by atoms with Crippen molar-refractivity contribution in [1.82, 2.24) is 10.2 Å². The molecule has 0 saturated carbocycles. The number of para-hydroxylation sites is 1. The lowest BCUT2D eigenvalue weighted by atomic mass is 9.97. The van der Waals surface area contributed by atoms with Crippen LogP contribution in [0.1, 0.15) is 29.5 Å². The van der Waals surface area contributed by atoms with E-state index in [1.54, 1.807) is 0 Å². The highest BCUT2D eigenvalue weighted by atomic mass is 16.2. The maximum atomic E-state index is 12.9. The van der Waals surface area contributed by atoms with Gasteiger partial charge in [-0.15, -0.1) is 6.58 Å². The summed E-state index contributed by atoms with van der Waals surface area (Å²) in [5.41, 5.74) is 3.46. The van der Waals surface area contributed by atoms with Crippen molar-refractivity contribution in [3.63, 3.8) is 0 Å². The number of fused-ring (bicyclic) bond motifs is 1. The first-order valence-corrected chi connectivity index (χ1v) is 9.99. The molecule has 1 fully saturated rings. The van der Waals surface area contributed by atoms with E-state index in [1.165, 1.54) is 5.56 Å². The summed E-state index contributed by atoms with van der Waals surface area (Å²) >= 11 is 0. The number of nitrogens with zero attached hydrogens (tertiary/aromatic N) is 2. The van der Waals surface area contributed by atoms with Crippen molar-refractivity contribution in [3.05, 3.63) is 90.7 Å². The number of hydrogen-bond acceptors (Lipinski definition) is 3. The van der Waals surface area contributed by atoms with E-state index < -0.39 is 0 Å². The largest absolute Gasteiger partial charge is 0.368 e. The Morgan fingerprint density at radius 2 is 1.89 bits per heavy atom. The van der Waals surface area contributed by atoms with Crippen LogP contribution in [0, 0.1) is 0 Å². The normalized spacial score (nSPS) is 21.9. The van der Waals surface area contributed by atoms with E-state index in [0.717, 1.165) is 30.9 Å². The molecule has 1 N–H and O–H groups in total. The van der Waals surface area contributed by atoms with Gasteiger partial charge in [-0.05, 0) is 35.9 Å². The van der Waals surface area contributed by atoms with Crippen LogP contribution in [0.25, 0.3) is 0 Å². The van der Waals surface area contributed by atoms with E-state index in [4.69, 9.17) is 0 Å². The molecule has 2 atom stereocenters. The second-order valence-corrected chi connectivity index (χ2v) is 7.34. The fraction of sp³-hybridized carbons (Fsp3) is 0.292. The number of benzene rings is 2. The summed E-state index contributed by atoms with van der Waals surface area (Å²) in [6, 6.07) is 19.0. The predicted octanol–water partition coefficient (Wildman–Crippen LogP) is 3.85. The van der Waals surface area contributed by atoms with Crippen molar-refractivity contribution < 1.29 is 4.79 Å². The van der Waals surface area contributed by atoms with E-state index in [0.29, 0.717) is 19.0 Å². The third kappa shape index (κ3) is 3.60. The topological polar surface area (TPSA) is 35.6 Å². The van der Waals surface area contributed by atoms with E-state index in [1.807, 2.05) is 29.2 Å². The minimum Gasteiger partial charge on any atom is -0.368 e. The van der Waals surface area contributed by atoms with Gasteiger partial charge < -0.3 is 15.1 Å². The van der Waals surface area contributed by atoms with Crippen molar-refractivity contribution in [1.29, 1.82) is 0 Å². The molecule has 0 radical (unpaired) electrons. The van der Waals surface area contributed by atoms with Crippen LogP contribution in [0.2, 0.25) is 0 Å². The predicted molar refractivity (Wildman–Crippen MR) is 114 cm³/mol. The lowest BCUT2D eigenvalue weighted by molar-refractivity contribution is -0.119. The van der Waals surface area contributed by atoms with Crippen molar-refractivity contribution in [2.45, 2.75) is 18.4 Å². The summed E-state index contributed by atoms with van der Waals surface area (Å²) in [4.78, 5) is 17.2. The lowest BCUT2D eigenvalue weighted by Gasteiger charge is -2.36. The van der Waals surface area contributed by atoms with Gasteiger partial charge in [0.2, 0.25) is 5.91 Å². The van der Waals surface area contributed by atoms with Gasteiger partial charge in [-0.1, -0.05) is 54.6 Å². The number of allylic oxidation sites excluding steroid dienone is 1. The molecule has 2 aromatic rings. The van der Waals surface area contributed by atoms with Crippen LogP contribution in [-0.4, -0.2) is 37.0 Å². The number of anilines is 1. The Labute approximate surface area is 167 Å². The van der Waals surface area contributed by atoms with Crippen LogP contribution in [0.4, 0.5) is 5.69 Å². The Bertz CT molecular complexity index is 861. The highest BCUT2D eigenvalue weighted by molar-refractivity contribution is 6.05. The fourth-order valence-corrected chi connectivity index (χ4v) is 4.22. The Kier molecular flexibility index (Phi) is 5.58. The van der Waals surface area contributed by atoms with Crippen LogP contribution >= 0.6 is 0 Å². The summed E-state index contributed by atoms with van der Waals surface area (Å²) in [5.74, 6) is 0.0732. The standard InChI is InChI=1S/C24H27N3O/c1-2-9-21-20-12-6-7-13-22(20)27(24(21)28)16-8-15-26-17-14-25-18-23(26)19-10-4-3-5-11-19/h2-8,10-13,15,21,23,25H,1,9,14,16-18H2. The Balaban J connectivity index is 1.49. The van der Waals surface area contributed by atoms with Crippen LogP contribution in [0.3, 0.4) is 0 Å². The van der Waals surface area contributed by atoms with Gasteiger partial charge in [-0.3, -0.25) is 4.79 Å². The number of hydrogen-bond donors (Lipinski definition) is 1. The van der Waals surface area contributed by atoms with Crippen molar-refractivity contribution in [2.24, 2.45) is 0 Å². The van der Waals surface area contributed by atoms with Crippen molar-refractivity contribution >= 4 is 11.6 Å². The van der Waals surface area contributed by atoms with Crippen molar-refractivity contribution in [2.75, 3.05) is 31.1 Å². The highest BCUT2D eigenvalue weighted by Gasteiger charge is 2.35. The number of rotatable bonds is 6. The van der Waals surface area contributed by atoms with Crippen LogP contribution in [0.15, 0.2) is 79.5 Å². The molecule has 0 aliphatic carbocycles. The van der Waals surface area contributed by atoms with Gasteiger partial charge in [0.05, 0.1) is 12.0 Å². The molecule has 2 unspecified atom stereocenters. The highest BCUT2D eigenvalue weighted by Crippen LogP contribution is 2.39. The van der Waals surface area contributed by atoms with Gasteiger partial charge in [0.15, 0.2) is 0 Å². The summed E-state index contributed by atoms with van der Waals surface area (Å²) in [6.45, 7) is 7.27. The molecular formula is C24H27N3O. The van der Waals surface area contributed by atoms with Gasteiger partial charge in [-0.2, -0.15) is 0 Å². The molecule has 0 aromatic heterocycles. The zero-order chi connectivity index (χ0) is 19.3. The van der Waals surface area contributed by atoms with Crippen LogP contribution < -0.4 is 10.2 Å². The van der Waals surface area contributed by atoms with Crippen LogP contribution in [-0.2, 0) is 4.79 Å². The molecule has 4 heteroatoms. The first kappa shape index (κ1) is 18.5. The molecule has 1 amide bonds. The molecule has 2 aliphatic heterocycles. The number of carbonyl (C=O) groups is 1. The van der Waals surface area contributed by atoms with E-state index in [2.05, 4.69) is 65.5 Å². The molecule has 2 aliphatic rings. The van der Waals surface area contributed by atoms with Crippen molar-refractivity contribution in [3.8, 4) is 0 Å². The minimum absolute atomic E-state index is 0.0987. The Morgan fingerprint density at radius 3 is 2.71 bits per heavy atom. The zero-order valence-electron chi connectivity index (χ0n) is 16.1. The average molecular weight is 374 g/mol. The molecule has 0 bridgehead atoms. The van der Waals surface area contributed by atoms with Gasteiger partial charge in [0.1, 0.15) is 0 Å². The Hall–Kier alpha value is -2.85. The monoisotopic (exact) mass is 373 g/mol. The molecule has 0 spiro atoms. The molecule has 144 valence electrons. The first-order chi connectivity index (χ1) is 13.8. The van der Waals surface area contributed by atoms with E-state index >= 15 is 0 Å². The van der Waals surface area contributed by atoms with Gasteiger partial charge in [0, 0.05) is 31.9 Å². The van der Waals surface area contributed by atoms with Crippen LogP contribution in [0.5, 0.6) is 0 Å². The smallest absolute Gasteiger partial charge is 0.235 e. The van der Waals surface area contributed by atoms with Gasteiger partial charge >= 0.3 is 0 Å². The minimum atomic E-state index is -0.0987. The summed E-state index contributed by atoms with van der Waals surface area (Å²) in [6.07, 6.45) is 6.80. The van der Waals surface area contributed by atoms with E-state index in [-0.39, 0.29) is 11.8 Å². The molecule has 2 aromatic carbocycles. The molecular weight excluding hydrogens is 346 g/mol. The number of nitrogens with one attached hydrogen (secondary N) is 1. The lowest BCUT2D eigenvalue weighted by Crippen LogP contribution is -2.43. The second-order valence-electron chi connectivity index (χ2n) is 7.34. The zero-order valence-corrected chi connectivity index (χ0v) is 16.1. The average Bonchev–Trinajstić information content (AvgIpc) is 3.01. The molecule has 4 rings (SSSR count). The van der Waals surface area contributed by atoms with E-state index in [9.17, 15) is 4.79 Å². The molecule has 1 saturated heterocycles. The Morgan fingerprint density at radius 1 is 1.11 bits per heavy atom. The third-order valence-electron chi connectivity index (χ3n) is 5.62. The maximum Gasteiger partial charge on any atom is 0.235 e.